The van der Waals surface area contributed by atoms with Crippen molar-refractivity contribution in [2.75, 3.05) is 23.9 Å². The van der Waals surface area contributed by atoms with Crippen molar-refractivity contribution in [3.8, 4) is 0 Å². The highest BCUT2D eigenvalue weighted by molar-refractivity contribution is 7.99. The first-order valence-corrected chi connectivity index (χ1v) is 8.00. The predicted octanol–water partition coefficient (Wildman–Crippen LogP) is 1.78. The summed E-state index contributed by atoms with van der Waals surface area (Å²) >= 11 is 3.02. The standard InChI is InChI=1S/C11H18N4OS2/c1-6(17-2)5-13-11-8(9(12)15-18-11)10(16)14-7-3-4-7/h6-7,13H,3-5H2,1-2H3,(H2,12,15)(H,14,16). The van der Waals surface area contributed by atoms with Crippen LogP contribution >= 0.6 is 23.3 Å². The summed E-state index contributed by atoms with van der Waals surface area (Å²) in [5.41, 5.74) is 6.27. The summed E-state index contributed by atoms with van der Waals surface area (Å²) in [7, 11) is 0. The molecule has 1 aliphatic rings. The van der Waals surface area contributed by atoms with E-state index in [4.69, 9.17) is 5.73 Å². The van der Waals surface area contributed by atoms with Crippen LogP contribution in [-0.2, 0) is 0 Å². The molecule has 1 unspecified atom stereocenters. The van der Waals surface area contributed by atoms with Gasteiger partial charge >= 0.3 is 0 Å². The molecule has 7 heteroatoms. The molecule has 0 saturated heterocycles. The van der Waals surface area contributed by atoms with Crippen LogP contribution in [0.1, 0.15) is 30.1 Å². The zero-order chi connectivity index (χ0) is 13.1. The predicted molar refractivity (Wildman–Crippen MR) is 78.5 cm³/mol. The van der Waals surface area contributed by atoms with Crippen LogP contribution < -0.4 is 16.4 Å². The molecule has 1 aromatic heterocycles. The topological polar surface area (TPSA) is 80.0 Å². The van der Waals surface area contributed by atoms with Gasteiger partial charge in [-0.15, -0.1) is 0 Å². The summed E-state index contributed by atoms with van der Waals surface area (Å²) in [5, 5.41) is 7.44. The lowest BCUT2D eigenvalue weighted by Crippen LogP contribution is -2.27. The van der Waals surface area contributed by atoms with Gasteiger partial charge in [0.1, 0.15) is 10.6 Å². The van der Waals surface area contributed by atoms with Crippen molar-refractivity contribution >= 4 is 40.0 Å². The average molecular weight is 286 g/mol. The van der Waals surface area contributed by atoms with Crippen molar-refractivity contribution in [2.24, 2.45) is 0 Å². The van der Waals surface area contributed by atoms with Gasteiger partial charge in [-0.05, 0) is 30.6 Å². The summed E-state index contributed by atoms with van der Waals surface area (Å²) < 4.78 is 4.06. The summed E-state index contributed by atoms with van der Waals surface area (Å²) in [6.07, 6.45) is 4.19. The molecule has 2 rings (SSSR count). The van der Waals surface area contributed by atoms with Gasteiger partial charge < -0.3 is 16.4 Å². The minimum atomic E-state index is -0.108. The molecule has 18 heavy (non-hydrogen) atoms. The Hall–Kier alpha value is -0.950. The summed E-state index contributed by atoms with van der Waals surface area (Å²) in [4.78, 5) is 12.0. The van der Waals surface area contributed by atoms with Gasteiger partial charge in [0.05, 0.1) is 0 Å². The van der Waals surface area contributed by atoms with Gasteiger partial charge in [-0.2, -0.15) is 16.1 Å². The van der Waals surface area contributed by atoms with E-state index in [0.29, 0.717) is 22.7 Å². The van der Waals surface area contributed by atoms with Crippen molar-refractivity contribution in [2.45, 2.75) is 31.1 Å². The van der Waals surface area contributed by atoms with Crippen LogP contribution in [0.25, 0.3) is 0 Å². The first-order valence-electron chi connectivity index (χ1n) is 5.94. The van der Waals surface area contributed by atoms with Gasteiger partial charge in [-0.3, -0.25) is 4.79 Å². The molecule has 5 nitrogen and oxygen atoms in total. The molecule has 1 aliphatic carbocycles. The lowest BCUT2D eigenvalue weighted by molar-refractivity contribution is 0.0953. The number of carbonyl (C=O) groups is 1. The van der Waals surface area contributed by atoms with E-state index < -0.39 is 0 Å². The maximum atomic E-state index is 12.0. The first kappa shape index (κ1) is 13.5. The lowest BCUT2D eigenvalue weighted by atomic mass is 10.3. The molecule has 1 amide bonds. The zero-order valence-electron chi connectivity index (χ0n) is 10.5. The normalized spacial score (nSPS) is 16.3. The monoisotopic (exact) mass is 286 g/mol. The SMILES string of the molecule is CSC(C)CNc1snc(N)c1C(=O)NC1CC1. The number of thioether (sulfide) groups is 1. The number of hydrogen-bond acceptors (Lipinski definition) is 6. The van der Waals surface area contributed by atoms with E-state index in [1.807, 2.05) is 0 Å². The third-order valence-corrected chi connectivity index (χ3v) is 4.60. The number of amides is 1. The highest BCUT2D eigenvalue weighted by Crippen LogP contribution is 2.28. The second kappa shape index (κ2) is 5.79. The van der Waals surface area contributed by atoms with Crippen LogP contribution in [0.15, 0.2) is 0 Å². The van der Waals surface area contributed by atoms with Crippen LogP contribution in [0.2, 0.25) is 0 Å². The summed E-state index contributed by atoms with van der Waals surface area (Å²) in [6, 6.07) is 0.328. The van der Waals surface area contributed by atoms with Crippen molar-refractivity contribution in [3.05, 3.63) is 5.56 Å². The molecule has 0 aromatic carbocycles. The minimum Gasteiger partial charge on any atom is -0.382 e. The Morgan fingerprint density at radius 2 is 2.39 bits per heavy atom. The maximum Gasteiger partial charge on any atom is 0.258 e. The van der Waals surface area contributed by atoms with Crippen molar-refractivity contribution in [3.63, 3.8) is 0 Å². The third-order valence-electron chi connectivity index (χ3n) is 2.81. The molecule has 1 fully saturated rings. The fourth-order valence-electron chi connectivity index (χ4n) is 1.45. The van der Waals surface area contributed by atoms with Gasteiger partial charge in [0.2, 0.25) is 0 Å². The van der Waals surface area contributed by atoms with Crippen LogP contribution in [0, 0.1) is 0 Å². The molecule has 1 atom stereocenters. The Kier molecular flexibility index (Phi) is 4.34. The van der Waals surface area contributed by atoms with E-state index in [9.17, 15) is 4.79 Å². The molecular formula is C11H18N4OS2. The zero-order valence-corrected chi connectivity index (χ0v) is 12.2. The molecule has 0 bridgehead atoms. The van der Waals surface area contributed by atoms with Crippen LogP contribution in [-0.4, -0.2) is 34.4 Å². The largest absolute Gasteiger partial charge is 0.382 e. The quantitative estimate of drug-likeness (QED) is 0.743. The smallest absolute Gasteiger partial charge is 0.258 e. The average Bonchev–Trinajstić information content (AvgIpc) is 3.08. The Morgan fingerprint density at radius 1 is 1.67 bits per heavy atom. The number of aromatic nitrogens is 1. The highest BCUT2D eigenvalue weighted by Gasteiger charge is 2.27. The first-order chi connectivity index (χ1) is 8.61. The molecule has 100 valence electrons. The van der Waals surface area contributed by atoms with E-state index >= 15 is 0 Å². The van der Waals surface area contributed by atoms with E-state index in [1.54, 1.807) is 11.8 Å². The molecular weight excluding hydrogens is 268 g/mol. The number of nitrogen functional groups attached to an aromatic ring is 1. The molecule has 1 heterocycles. The Bertz CT molecular complexity index is 431. The van der Waals surface area contributed by atoms with E-state index in [2.05, 4.69) is 28.2 Å². The molecule has 1 aromatic rings. The number of anilines is 2. The molecule has 1 saturated carbocycles. The van der Waals surface area contributed by atoms with Crippen molar-refractivity contribution < 1.29 is 4.79 Å². The molecule has 4 N–H and O–H groups in total. The van der Waals surface area contributed by atoms with Crippen molar-refractivity contribution in [1.82, 2.24) is 9.69 Å². The fourth-order valence-corrected chi connectivity index (χ4v) is 2.41. The van der Waals surface area contributed by atoms with Gasteiger partial charge in [0.25, 0.3) is 5.91 Å². The second-order valence-electron chi connectivity index (χ2n) is 4.45. The van der Waals surface area contributed by atoms with Crippen LogP contribution in [0.3, 0.4) is 0 Å². The van der Waals surface area contributed by atoms with E-state index in [0.717, 1.165) is 24.4 Å². The lowest BCUT2D eigenvalue weighted by Gasteiger charge is -2.11. The summed E-state index contributed by atoms with van der Waals surface area (Å²) in [6.45, 7) is 2.93. The molecule has 0 radical (unpaired) electrons. The summed E-state index contributed by atoms with van der Waals surface area (Å²) in [5.74, 6) is 0.209. The van der Waals surface area contributed by atoms with E-state index in [-0.39, 0.29) is 5.91 Å². The van der Waals surface area contributed by atoms with Crippen LogP contribution in [0.5, 0.6) is 0 Å². The van der Waals surface area contributed by atoms with Gasteiger partial charge in [-0.25, -0.2) is 0 Å². The van der Waals surface area contributed by atoms with E-state index in [1.165, 1.54) is 11.5 Å². The Balaban J connectivity index is 2.03. The van der Waals surface area contributed by atoms with Gasteiger partial charge in [-0.1, -0.05) is 6.92 Å². The number of nitrogens with zero attached hydrogens (tertiary/aromatic N) is 1. The Morgan fingerprint density at radius 3 is 3.00 bits per heavy atom. The number of nitrogens with one attached hydrogen (secondary N) is 2. The maximum absolute atomic E-state index is 12.0. The van der Waals surface area contributed by atoms with Gasteiger partial charge in [0, 0.05) is 17.8 Å². The molecule has 0 spiro atoms. The number of nitrogens with two attached hydrogens (primary N) is 1. The minimum absolute atomic E-state index is 0.108. The third kappa shape index (κ3) is 3.29. The van der Waals surface area contributed by atoms with Crippen LogP contribution in [0.4, 0.5) is 10.8 Å². The number of rotatable bonds is 6. The fraction of sp³-hybridized carbons (Fsp3) is 0.636. The number of carbonyl (C=O) groups excluding carboxylic acids is 1. The van der Waals surface area contributed by atoms with Gasteiger partial charge in [0.15, 0.2) is 5.82 Å². The highest BCUT2D eigenvalue weighted by atomic mass is 32.2. The second-order valence-corrected chi connectivity index (χ2v) is 6.50. The molecule has 0 aliphatic heterocycles. The number of hydrogen-bond donors (Lipinski definition) is 3. The Labute approximate surface area is 115 Å². The van der Waals surface area contributed by atoms with Crippen molar-refractivity contribution in [1.29, 1.82) is 0 Å².